The van der Waals surface area contributed by atoms with Crippen LogP contribution in [-0.2, 0) is 11.2 Å². The summed E-state index contributed by atoms with van der Waals surface area (Å²) in [6.45, 7) is 0.360. The van der Waals surface area contributed by atoms with Gasteiger partial charge in [-0.2, -0.15) is 0 Å². The minimum absolute atomic E-state index is 0. The second-order valence-corrected chi connectivity index (χ2v) is 5.69. The molecule has 0 radical (unpaired) electrons. The number of amides is 2. The minimum Gasteiger partial charge on any atom is -0.348 e. The van der Waals surface area contributed by atoms with Gasteiger partial charge in [0.15, 0.2) is 0 Å². The quantitative estimate of drug-likeness (QED) is 0.785. The van der Waals surface area contributed by atoms with Gasteiger partial charge < -0.3 is 16.4 Å². The molecule has 0 saturated heterocycles. The van der Waals surface area contributed by atoms with Crippen LogP contribution in [0.5, 0.6) is 0 Å². The number of benzene rings is 1. The molecule has 0 bridgehead atoms. The summed E-state index contributed by atoms with van der Waals surface area (Å²) in [5.41, 5.74) is 6.91. The number of nitrogens with two attached hydrogens (primary N) is 1. The van der Waals surface area contributed by atoms with Gasteiger partial charge in [0.2, 0.25) is 5.91 Å². The topological polar surface area (TPSA) is 84.2 Å². The van der Waals surface area contributed by atoms with Crippen LogP contribution in [0.4, 0.5) is 10.1 Å². The lowest BCUT2D eigenvalue weighted by Gasteiger charge is -2.20. The Hall–Kier alpha value is -1.66. The zero-order valence-corrected chi connectivity index (χ0v) is 12.8. The summed E-state index contributed by atoms with van der Waals surface area (Å²) in [6.07, 6.45) is 2.99. The van der Waals surface area contributed by atoms with E-state index in [-0.39, 0.29) is 29.9 Å². The molecule has 1 aromatic rings. The highest BCUT2D eigenvalue weighted by Gasteiger charge is 2.32. The molecule has 22 heavy (non-hydrogen) atoms. The molecule has 1 unspecified atom stereocenters. The van der Waals surface area contributed by atoms with Crippen molar-refractivity contribution in [3.8, 4) is 0 Å². The molecule has 1 saturated carbocycles. The first-order valence-electron chi connectivity index (χ1n) is 7.21. The van der Waals surface area contributed by atoms with E-state index in [1.807, 2.05) is 0 Å². The Morgan fingerprint density at radius 3 is 2.77 bits per heavy atom. The monoisotopic (exact) mass is 327 g/mol. The predicted octanol–water partition coefficient (Wildman–Crippen LogP) is 1.60. The number of nitrogens with one attached hydrogen (secondary N) is 2. The van der Waals surface area contributed by atoms with Crippen LogP contribution < -0.4 is 16.4 Å². The number of anilines is 1. The zero-order valence-electron chi connectivity index (χ0n) is 12.0. The van der Waals surface area contributed by atoms with Crippen molar-refractivity contribution in [3.05, 3.63) is 29.1 Å². The van der Waals surface area contributed by atoms with Crippen LogP contribution in [0, 0.1) is 11.7 Å². The van der Waals surface area contributed by atoms with Crippen molar-refractivity contribution in [2.24, 2.45) is 11.7 Å². The van der Waals surface area contributed by atoms with Crippen LogP contribution in [0.25, 0.3) is 0 Å². The molecule has 2 amide bonds. The number of halogens is 2. The Kier molecular flexibility index (Phi) is 5.03. The van der Waals surface area contributed by atoms with Crippen molar-refractivity contribution >= 4 is 29.9 Å². The van der Waals surface area contributed by atoms with Crippen LogP contribution in [0.3, 0.4) is 0 Å². The van der Waals surface area contributed by atoms with E-state index in [1.165, 1.54) is 12.1 Å². The summed E-state index contributed by atoms with van der Waals surface area (Å²) in [7, 11) is 0. The van der Waals surface area contributed by atoms with E-state index in [0.29, 0.717) is 31.0 Å². The fraction of sp³-hybridized carbons (Fsp3) is 0.467. The first-order chi connectivity index (χ1) is 10.1. The summed E-state index contributed by atoms with van der Waals surface area (Å²) in [6, 6.07) is 2.66. The fourth-order valence-corrected chi connectivity index (χ4v) is 2.69. The molecule has 1 atom stereocenters. The average Bonchev–Trinajstić information content (AvgIpc) is 3.28. The average molecular weight is 328 g/mol. The number of aryl methyl sites for hydroxylation is 1. The fourth-order valence-electron chi connectivity index (χ4n) is 2.69. The van der Waals surface area contributed by atoms with E-state index in [4.69, 9.17) is 5.73 Å². The molecule has 0 aromatic heterocycles. The lowest BCUT2D eigenvalue weighted by atomic mass is 9.99. The molecule has 4 N–H and O–H groups in total. The largest absolute Gasteiger partial charge is 0.348 e. The Morgan fingerprint density at radius 2 is 2.14 bits per heavy atom. The molecule has 1 aliphatic carbocycles. The van der Waals surface area contributed by atoms with Crippen molar-refractivity contribution in [1.29, 1.82) is 0 Å². The molecule has 7 heteroatoms. The second kappa shape index (κ2) is 6.62. The van der Waals surface area contributed by atoms with Crippen LogP contribution >= 0.6 is 12.4 Å². The molecular weight excluding hydrogens is 309 g/mol. The van der Waals surface area contributed by atoms with Gasteiger partial charge in [0.25, 0.3) is 5.91 Å². The van der Waals surface area contributed by atoms with Crippen LogP contribution in [0.1, 0.15) is 35.2 Å². The van der Waals surface area contributed by atoms with Gasteiger partial charge in [-0.3, -0.25) is 9.59 Å². The van der Waals surface area contributed by atoms with Crippen molar-refractivity contribution in [1.82, 2.24) is 5.32 Å². The molecular formula is C15H19ClFN3O2. The molecule has 1 aliphatic heterocycles. The maximum absolute atomic E-state index is 14.1. The van der Waals surface area contributed by atoms with Gasteiger partial charge in [0.1, 0.15) is 5.82 Å². The lowest BCUT2D eigenvalue weighted by molar-refractivity contribution is -0.116. The smallest absolute Gasteiger partial charge is 0.254 e. The molecule has 1 heterocycles. The third kappa shape index (κ3) is 3.39. The number of fused-ring (bicyclic) bond motifs is 1. The SMILES string of the molecule is Cl.NCC(NC(=O)c1cc2c(cc1F)NC(=O)CC2)C1CC1. The van der Waals surface area contributed by atoms with Crippen molar-refractivity contribution in [3.63, 3.8) is 0 Å². The molecule has 3 rings (SSSR count). The number of carbonyl (C=O) groups is 2. The van der Waals surface area contributed by atoms with Crippen LogP contribution in [0.2, 0.25) is 0 Å². The number of hydrogen-bond acceptors (Lipinski definition) is 3. The van der Waals surface area contributed by atoms with Gasteiger partial charge in [0.05, 0.1) is 5.56 Å². The Labute approximate surface area is 134 Å². The van der Waals surface area contributed by atoms with Gasteiger partial charge in [0, 0.05) is 24.7 Å². The van der Waals surface area contributed by atoms with E-state index in [9.17, 15) is 14.0 Å². The first-order valence-corrected chi connectivity index (χ1v) is 7.21. The Bertz CT molecular complexity index is 605. The Morgan fingerprint density at radius 1 is 1.41 bits per heavy atom. The predicted molar refractivity (Wildman–Crippen MR) is 83.6 cm³/mol. The maximum atomic E-state index is 14.1. The standard InChI is InChI=1S/C15H18FN3O2.ClH/c16-11-6-12-9(3-4-14(20)18-12)5-10(11)15(21)19-13(7-17)8-1-2-8;/h5-6,8,13H,1-4,7,17H2,(H,18,20)(H,19,21);1H. The third-order valence-corrected chi connectivity index (χ3v) is 4.09. The third-order valence-electron chi connectivity index (χ3n) is 4.09. The summed E-state index contributed by atoms with van der Waals surface area (Å²) >= 11 is 0. The van der Waals surface area contributed by atoms with Crippen LogP contribution in [0.15, 0.2) is 12.1 Å². The summed E-state index contributed by atoms with van der Waals surface area (Å²) in [5.74, 6) is -0.774. The van der Waals surface area contributed by atoms with Gasteiger partial charge >= 0.3 is 0 Å². The molecule has 2 aliphatic rings. The molecule has 1 fully saturated rings. The van der Waals surface area contributed by atoms with Gasteiger partial charge in [-0.15, -0.1) is 12.4 Å². The van der Waals surface area contributed by atoms with Crippen molar-refractivity contribution in [2.45, 2.75) is 31.7 Å². The van der Waals surface area contributed by atoms with E-state index in [2.05, 4.69) is 10.6 Å². The van der Waals surface area contributed by atoms with Gasteiger partial charge in [-0.05, 0) is 42.9 Å². The summed E-state index contributed by atoms with van der Waals surface area (Å²) in [5, 5.41) is 5.43. The summed E-state index contributed by atoms with van der Waals surface area (Å²) < 4.78 is 14.1. The second-order valence-electron chi connectivity index (χ2n) is 5.69. The summed E-state index contributed by atoms with van der Waals surface area (Å²) in [4.78, 5) is 23.5. The highest BCUT2D eigenvalue weighted by Crippen LogP contribution is 2.32. The van der Waals surface area contributed by atoms with E-state index in [0.717, 1.165) is 18.4 Å². The highest BCUT2D eigenvalue weighted by molar-refractivity contribution is 5.98. The van der Waals surface area contributed by atoms with Crippen molar-refractivity contribution < 1.29 is 14.0 Å². The maximum Gasteiger partial charge on any atom is 0.254 e. The first kappa shape index (κ1) is 16.7. The normalized spacial score (nSPS) is 17.8. The number of hydrogen-bond donors (Lipinski definition) is 3. The van der Waals surface area contributed by atoms with Crippen LogP contribution in [-0.4, -0.2) is 24.4 Å². The lowest BCUT2D eigenvalue weighted by Crippen LogP contribution is -2.42. The van der Waals surface area contributed by atoms with Crippen molar-refractivity contribution in [2.75, 3.05) is 11.9 Å². The van der Waals surface area contributed by atoms with E-state index in [1.54, 1.807) is 0 Å². The molecule has 0 spiro atoms. The van der Waals surface area contributed by atoms with E-state index < -0.39 is 11.7 Å². The molecule has 1 aromatic carbocycles. The highest BCUT2D eigenvalue weighted by atomic mass is 35.5. The molecule has 5 nitrogen and oxygen atoms in total. The van der Waals surface area contributed by atoms with Gasteiger partial charge in [-0.25, -0.2) is 4.39 Å². The molecule has 120 valence electrons. The minimum atomic E-state index is -0.625. The van der Waals surface area contributed by atoms with Gasteiger partial charge in [-0.1, -0.05) is 0 Å². The zero-order chi connectivity index (χ0) is 15.0. The van der Waals surface area contributed by atoms with E-state index >= 15 is 0 Å². The number of carbonyl (C=O) groups excluding carboxylic acids is 2. The number of rotatable bonds is 4. The Balaban J connectivity index is 0.00000176.